The summed E-state index contributed by atoms with van der Waals surface area (Å²) in [5.74, 6) is -0.451. The average molecular weight is 412 g/mol. The van der Waals surface area contributed by atoms with Crippen LogP contribution in [0.3, 0.4) is 0 Å². The van der Waals surface area contributed by atoms with E-state index in [0.29, 0.717) is 5.13 Å². The lowest BCUT2D eigenvalue weighted by atomic mass is 10.0. The summed E-state index contributed by atoms with van der Waals surface area (Å²) in [6.45, 7) is 1.80. The van der Waals surface area contributed by atoms with Gasteiger partial charge in [-0.15, -0.1) is 11.3 Å². The molecule has 2 aromatic heterocycles. The Bertz CT molecular complexity index is 1040. The van der Waals surface area contributed by atoms with Crippen LogP contribution >= 0.6 is 22.7 Å². The van der Waals surface area contributed by atoms with Gasteiger partial charge in [-0.2, -0.15) is 0 Å². The van der Waals surface area contributed by atoms with Gasteiger partial charge in [0.15, 0.2) is 5.13 Å². The lowest BCUT2D eigenvalue weighted by molar-refractivity contribution is -0.122. The zero-order valence-electron chi connectivity index (χ0n) is 15.1. The molecule has 0 aliphatic heterocycles. The van der Waals surface area contributed by atoms with Gasteiger partial charge in [-0.1, -0.05) is 41.7 Å². The zero-order valence-corrected chi connectivity index (χ0v) is 16.7. The minimum Gasteiger partial charge on any atom is -0.350 e. The van der Waals surface area contributed by atoms with Crippen molar-refractivity contribution in [3.8, 4) is 0 Å². The summed E-state index contributed by atoms with van der Waals surface area (Å²) in [5.41, 5.74) is 1.75. The number of nitrogens with one attached hydrogen (secondary N) is 2. The number of thiophene rings is 1. The van der Waals surface area contributed by atoms with E-state index in [9.17, 15) is 9.18 Å². The van der Waals surface area contributed by atoms with E-state index in [4.69, 9.17) is 0 Å². The number of hydrogen-bond acceptors (Lipinski definition) is 5. The number of amides is 1. The van der Waals surface area contributed by atoms with Crippen molar-refractivity contribution in [3.63, 3.8) is 0 Å². The monoisotopic (exact) mass is 411 g/mol. The van der Waals surface area contributed by atoms with Gasteiger partial charge >= 0.3 is 0 Å². The SMILES string of the molecule is C[C@@H](Nc1nc2ccccc2s1)C(=O)N[C@@H](c1ccc(F)cc1)c1cccs1. The van der Waals surface area contributed by atoms with Crippen LogP contribution in [0, 0.1) is 5.82 Å². The van der Waals surface area contributed by atoms with Gasteiger partial charge in [0.05, 0.1) is 16.3 Å². The summed E-state index contributed by atoms with van der Waals surface area (Å²) in [4.78, 5) is 18.4. The molecule has 7 heteroatoms. The third kappa shape index (κ3) is 4.05. The van der Waals surface area contributed by atoms with E-state index >= 15 is 0 Å². The number of rotatable bonds is 6. The van der Waals surface area contributed by atoms with E-state index in [1.54, 1.807) is 30.4 Å². The molecule has 4 rings (SSSR count). The fourth-order valence-corrected chi connectivity index (χ4v) is 4.64. The predicted octanol–water partition coefficient (Wildman–Crippen LogP) is 5.20. The van der Waals surface area contributed by atoms with Gasteiger partial charge in [0.2, 0.25) is 5.91 Å². The fraction of sp³-hybridized carbons (Fsp3) is 0.143. The molecule has 4 aromatic rings. The van der Waals surface area contributed by atoms with Gasteiger partial charge in [0.1, 0.15) is 11.9 Å². The highest BCUT2D eigenvalue weighted by Crippen LogP contribution is 2.28. The van der Waals surface area contributed by atoms with E-state index in [2.05, 4.69) is 15.6 Å². The Hall–Kier alpha value is -2.77. The van der Waals surface area contributed by atoms with Crippen LogP contribution in [0.1, 0.15) is 23.4 Å². The second kappa shape index (κ2) is 8.08. The number of aromatic nitrogens is 1. The first-order valence-electron chi connectivity index (χ1n) is 8.81. The van der Waals surface area contributed by atoms with Crippen molar-refractivity contribution in [2.45, 2.75) is 19.0 Å². The molecule has 0 aliphatic carbocycles. The van der Waals surface area contributed by atoms with E-state index in [1.807, 2.05) is 41.8 Å². The zero-order chi connectivity index (χ0) is 19.5. The maximum atomic E-state index is 13.3. The van der Waals surface area contributed by atoms with Gasteiger partial charge in [-0.05, 0) is 48.2 Å². The molecule has 1 amide bonds. The van der Waals surface area contributed by atoms with Crippen molar-refractivity contribution in [1.82, 2.24) is 10.3 Å². The smallest absolute Gasteiger partial charge is 0.243 e. The molecule has 2 N–H and O–H groups in total. The first kappa shape index (κ1) is 18.6. The highest BCUT2D eigenvalue weighted by atomic mass is 32.1. The maximum absolute atomic E-state index is 13.3. The van der Waals surface area contributed by atoms with Gasteiger partial charge in [0.25, 0.3) is 0 Å². The van der Waals surface area contributed by atoms with Crippen LogP contribution in [-0.4, -0.2) is 16.9 Å². The Morgan fingerprint density at radius 1 is 1.07 bits per heavy atom. The van der Waals surface area contributed by atoms with E-state index < -0.39 is 6.04 Å². The maximum Gasteiger partial charge on any atom is 0.243 e. The third-order valence-corrected chi connectivity index (χ3v) is 6.25. The first-order valence-corrected chi connectivity index (χ1v) is 10.5. The highest BCUT2D eigenvalue weighted by Gasteiger charge is 2.22. The number of carbonyl (C=O) groups is 1. The van der Waals surface area contributed by atoms with Gasteiger partial charge in [-0.25, -0.2) is 9.37 Å². The van der Waals surface area contributed by atoms with Crippen LogP contribution in [0.4, 0.5) is 9.52 Å². The molecule has 0 saturated carbocycles. The van der Waals surface area contributed by atoms with Crippen molar-refractivity contribution in [1.29, 1.82) is 0 Å². The van der Waals surface area contributed by atoms with Crippen molar-refractivity contribution in [3.05, 3.63) is 82.3 Å². The molecule has 0 fully saturated rings. The van der Waals surface area contributed by atoms with Gasteiger partial charge < -0.3 is 10.6 Å². The van der Waals surface area contributed by atoms with Crippen LogP contribution in [0.15, 0.2) is 66.0 Å². The molecule has 2 aromatic carbocycles. The van der Waals surface area contributed by atoms with Crippen molar-refractivity contribution in [2.75, 3.05) is 5.32 Å². The molecule has 0 saturated heterocycles. The van der Waals surface area contributed by atoms with Gasteiger partial charge in [-0.3, -0.25) is 4.79 Å². The van der Waals surface area contributed by atoms with Crippen molar-refractivity contribution >= 4 is 43.9 Å². The van der Waals surface area contributed by atoms with Gasteiger partial charge in [0, 0.05) is 4.88 Å². The summed E-state index contributed by atoms with van der Waals surface area (Å²) < 4.78 is 14.4. The molecular weight excluding hydrogens is 393 g/mol. The number of anilines is 1. The molecule has 0 spiro atoms. The number of hydrogen-bond donors (Lipinski definition) is 2. The highest BCUT2D eigenvalue weighted by molar-refractivity contribution is 7.22. The topological polar surface area (TPSA) is 54.0 Å². The number of para-hydroxylation sites is 1. The molecular formula is C21H18FN3OS2. The molecule has 2 heterocycles. The predicted molar refractivity (Wildman–Crippen MR) is 113 cm³/mol. The minimum atomic E-state index is -0.469. The number of fused-ring (bicyclic) bond motifs is 1. The summed E-state index contributed by atoms with van der Waals surface area (Å²) in [5, 5.41) is 8.92. The fourth-order valence-electron chi connectivity index (χ4n) is 2.88. The summed E-state index contributed by atoms with van der Waals surface area (Å²) in [7, 11) is 0. The number of thiazole rings is 1. The second-order valence-electron chi connectivity index (χ2n) is 6.36. The number of halogens is 1. The van der Waals surface area contributed by atoms with Crippen LogP contribution < -0.4 is 10.6 Å². The normalized spacial score (nSPS) is 13.2. The molecule has 28 heavy (non-hydrogen) atoms. The number of benzene rings is 2. The molecule has 0 radical (unpaired) electrons. The Kier molecular flexibility index (Phi) is 5.36. The van der Waals surface area contributed by atoms with Crippen LogP contribution in [0.25, 0.3) is 10.2 Å². The van der Waals surface area contributed by atoms with Crippen molar-refractivity contribution < 1.29 is 9.18 Å². The molecule has 142 valence electrons. The Labute approximate surface area is 170 Å². The molecule has 4 nitrogen and oxygen atoms in total. The second-order valence-corrected chi connectivity index (χ2v) is 8.37. The number of carbonyl (C=O) groups excluding carboxylic acids is 1. The van der Waals surface area contributed by atoms with E-state index in [1.165, 1.54) is 23.5 Å². The van der Waals surface area contributed by atoms with Crippen molar-refractivity contribution in [2.24, 2.45) is 0 Å². The Balaban J connectivity index is 1.51. The van der Waals surface area contributed by atoms with Crippen LogP contribution in [0.5, 0.6) is 0 Å². The average Bonchev–Trinajstić information content (AvgIpc) is 3.36. The quantitative estimate of drug-likeness (QED) is 0.458. The Morgan fingerprint density at radius 2 is 1.86 bits per heavy atom. The van der Waals surface area contributed by atoms with E-state index in [-0.39, 0.29) is 17.8 Å². The summed E-state index contributed by atoms with van der Waals surface area (Å²) >= 11 is 3.07. The molecule has 0 bridgehead atoms. The summed E-state index contributed by atoms with van der Waals surface area (Å²) in [6, 6.07) is 17.2. The first-order chi connectivity index (χ1) is 13.6. The number of nitrogens with zero attached hydrogens (tertiary/aromatic N) is 1. The van der Waals surface area contributed by atoms with Crippen LogP contribution in [0.2, 0.25) is 0 Å². The molecule has 0 unspecified atom stereocenters. The Morgan fingerprint density at radius 3 is 2.57 bits per heavy atom. The van der Waals surface area contributed by atoms with Crippen LogP contribution in [-0.2, 0) is 4.79 Å². The molecule has 2 atom stereocenters. The lowest BCUT2D eigenvalue weighted by Gasteiger charge is -2.21. The molecule has 0 aliphatic rings. The van der Waals surface area contributed by atoms with E-state index in [0.717, 1.165) is 20.7 Å². The third-order valence-electron chi connectivity index (χ3n) is 4.34. The summed E-state index contributed by atoms with van der Waals surface area (Å²) in [6.07, 6.45) is 0. The largest absolute Gasteiger partial charge is 0.350 e. The lowest BCUT2D eigenvalue weighted by Crippen LogP contribution is -2.39. The minimum absolute atomic E-state index is 0.151. The standard InChI is InChI=1S/C21H18FN3OS2/c1-13(23-21-24-16-5-2-3-6-17(16)28-21)20(26)25-19(18-7-4-12-27-18)14-8-10-15(22)11-9-14/h2-13,19H,1H3,(H,23,24)(H,25,26)/t13-,19+/m1/s1.